The number of nitrogens with zero attached hydrogens (tertiary/aromatic N) is 3. The summed E-state index contributed by atoms with van der Waals surface area (Å²) in [5, 5.41) is 0. The summed E-state index contributed by atoms with van der Waals surface area (Å²) in [6.45, 7) is 3.13. The van der Waals surface area contributed by atoms with Gasteiger partial charge in [0.1, 0.15) is 5.82 Å². The van der Waals surface area contributed by atoms with Crippen LogP contribution in [0.25, 0.3) is 0 Å². The van der Waals surface area contributed by atoms with Crippen LogP contribution in [0.5, 0.6) is 0 Å². The standard InChI is InChI=1S/C16H26N4/c1-12-11-15(19-16(17)18-12)20-10-6-2-3-9-14(20)13-7-4-5-8-13/h11,13-14H,2-10H2,1H3,(H2,17,18,19). The third kappa shape index (κ3) is 2.89. The Bertz CT molecular complexity index is 434. The fourth-order valence-electron chi connectivity index (χ4n) is 3.97. The van der Waals surface area contributed by atoms with E-state index in [1.807, 2.05) is 6.92 Å². The fourth-order valence-corrected chi connectivity index (χ4v) is 3.97. The zero-order chi connectivity index (χ0) is 13.9. The molecule has 1 aromatic heterocycles. The van der Waals surface area contributed by atoms with Gasteiger partial charge in [-0.1, -0.05) is 25.7 Å². The van der Waals surface area contributed by atoms with E-state index in [0.29, 0.717) is 12.0 Å². The normalized spacial score (nSPS) is 24.9. The number of hydrogen-bond acceptors (Lipinski definition) is 4. The molecule has 0 bridgehead atoms. The van der Waals surface area contributed by atoms with Gasteiger partial charge in [0.05, 0.1) is 0 Å². The molecular weight excluding hydrogens is 248 g/mol. The van der Waals surface area contributed by atoms with Crippen LogP contribution in [0, 0.1) is 12.8 Å². The Labute approximate surface area is 121 Å². The number of hydrogen-bond donors (Lipinski definition) is 1. The Morgan fingerprint density at radius 2 is 1.80 bits per heavy atom. The molecule has 1 atom stereocenters. The van der Waals surface area contributed by atoms with E-state index in [0.717, 1.165) is 24.0 Å². The van der Waals surface area contributed by atoms with Crippen LogP contribution < -0.4 is 10.6 Å². The van der Waals surface area contributed by atoms with Gasteiger partial charge in [-0.25, -0.2) is 4.98 Å². The number of aromatic nitrogens is 2. The minimum atomic E-state index is 0.411. The van der Waals surface area contributed by atoms with Crippen molar-refractivity contribution >= 4 is 11.8 Å². The Hall–Kier alpha value is -1.32. The summed E-state index contributed by atoms with van der Waals surface area (Å²) in [6, 6.07) is 2.76. The van der Waals surface area contributed by atoms with Crippen molar-refractivity contribution in [2.24, 2.45) is 5.92 Å². The van der Waals surface area contributed by atoms with Crippen LogP contribution in [-0.4, -0.2) is 22.6 Å². The number of aryl methyl sites for hydroxylation is 1. The van der Waals surface area contributed by atoms with E-state index in [9.17, 15) is 0 Å². The lowest BCUT2D eigenvalue weighted by molar-refractivity contribution is 0.390. The second kappa shape index (κ2) is 5.98. The van der Waals surface area contributed by atoms with Crippen molar-refractivity contribution in [3.05, 3.63) is 11.8 Å². The first-order valence-electron chi connectivity index (χ1n) is 8.12. The minimum absolute atomic E-state index is 0.411. The van der Waals surface area contributed by atoms with Crippen molar-refractivity contribution in [2.45, 2.75) is 64.3 Å². The van der Waals surface area contributed by atoms with Gasteiger partial charge in [0.15, 0.2) is 0 Å². The largest absolute Gasteiger partial charge is 0.368 e. The van der Waals surface area contributed by atoms with Crippen LogP contribution in [0.4, 0.5) is 11.8 Å². The van der Waals surface area contributed by atoms with Gasteiger partial charge < -0.3 is 10.6 Å². The third-order valence-electron chi connectivity index (χ3n) is 4.90. The highest BCUT2D eigenvalue weighted by Crippen LogP contribution is 2.36. The smallest absolute Gasteiger partial charge is 0.222 e. The Kier molecular flexibility index (Phi) is 4.08. The molecule has 1 unspecified atom stereocenters. The van der Waals surface area contributed by atoms with E-state index in [-0.39, 0.29) is 0 Å². The summed E-state index contributed by atoms with van der Waals surface area (Å²) in [7, 11) is 0. The highest BCUT2D eigenvalue weighted by atomic mass is 15.2. The second-order valence-electron chi connectivity index (χ2n) is 6.38. The van der Waals surface area contributed by atoms with Gasteiger partial charge in [0, 0.05) is 24.3 Å². The molecule has 1 saturated carbocycles. The summed E-state index contributed by atoms with van der Waals surface area (Å²) in [4.78, 5) is 11.3. The van der Waals surface area contributed by atoms with E-state index < -0.39 is 0 Å². The predicted molar refractivity (Wildman–Crippen MR) is 82.7 cm³/mol. The Balaban J connectivity index is 1.88. The van der Waals surface area contributed by atoms with Crippen molar-refractivity contribution in [3.63, 3.8) is 0 Å². The van der Waals surface area contributed by atoms with Gasteiger partial charge >= 0.3 is 0 Å². The molecule has 1 aliphatic heterocycles. The van der Waals surface area contributed by atoms with Gasteiger partial charge in [-0.05, 0) is 38.5 Å². The molecule has 2 N–H and O–H groups in total. The summed E-state index contributed by atoms with van der Waals surface area (Å²) >= 11 is 0. The number of nitrogen functional groups attached to an aromatic ring is 1. The van der Waals surface area contributed by atoms with Crippen molar-refractivity contribution in [1.82, 2.24) is 9.97 Å². The first kappa shape index (κ1) is 13.7. The predicted octanol–water partition coefficient (Wildman–Crippen LogP) is 3.31. The van der Waals surface area contributed by atoms with Crippen LogP contribution >= 0.6 is 0 Å². The summed E-state index contributed by atoms with van der Waals surface area (Å²) in [5.74, 6) is 2.31. The maximum absolute atomic E-state index is 5.86. The molecule has 1 saturated heterocycles. The molecule has 3 rings (SSSR count). The maximum Gasteiger partial charge on any atom is 0.222 e. The van der Waals surface area contributed by atoms with E-state index in [1.165, 1.54) is 51.4 Å². The minimum Gasteiger partial charge on any atom is -0.368 e. The molecule has 2 heterocycles. The molecule has 1 aromatic rings. The van der Waals surface area contributed by atoms with Crippen LogP contribution in [-0.2, 0) is 0 Å². The molecule has 4 nitrogen and oxygen atoms in total. The monoisotopic (exact) mass is 274 g/mol. The van der Waals surface area contributed by atoms with Gasteiger partial charge in [-0.15, -0.1) is 0 Å². The molecule has 0 spiro atoms. The maximum atomic E-state index is 5.86. The molecular formula is C16H26N4. The third-order valence-corrected chi connectivity index (χ3v) is 4.90. The van der Waals surface area contributed by atoms with Crippen LogP contribution in [0.15, 0.2) is 6.07 Å². The molecule has 1 aliphatic carbocycles. The molecule has 2 fully saturated rings. The van der Waals surface area contributed by atoms with Crippen molar-refractivity contribution < 1.29 is 0 Å². The average molecular weight is 274 g/mol. The van der Waals surface area contributed by atoms with Crippen LogP contribution in [0.2, 0.25) is 0 Å². The molecule has 4 heteroatoms. The molecule has 20 heavy (non-hydrogen) atoms. The molecule has 110 valence electrons. The summed E-state index contributed by atoms with van der Waals surface area (Å²) < 4.78 is 0. The molecule has 0 radical (unpaired) electrons. The molecule has 2 aliphatic rings. The average Bonchev–Trinajstić information content (AvgIpc) is 2.82. The fraction of sp³-hybridized carbons (Fsp3) is 0.750. The van der Waals surface area contributed by atoms with Gasteiger partial charge in [0.25, 0.3) is 0 Å². The van der Waals surface area contributed by atoms with Crippen LogP contribution in [0.3, 0.4) is 0 Å². The van der Waals surface area contributed by atoms with Gasteiger partial charge in [0.2, 0.25) is 5.95 Å². The number of anilines is 2. The summed E-state index contributed by atoms with van der Waals surface area (Å²) in [6.07, 6.45) is 10.9. The lowest BCUT2D eigenvalue weighted by Gasteiger charge is -2.35. The van der Waals surface area contributed by atoms with Crippen molar-refractivity contribution in [3.8, 4) is 0 Å². The number of nitrogens with two attached hydrogens (primary N) is 1. The van der Waals surface area contributed by atoms with Crippen molar-refractivity contribution in [1.29, 1.82) is 0 Å². The van der Waals surface area contributed by atoms with Crippen LogP contribution in [0.1, 0.15) is 57.1 Å². The van der Waals surface area contributed by atoms with E-state index in [4.69, 9.17) is 5.73 Å². The Morgan fingerprint density at radius 1 is 1.05 bits per heavy atom. The lowest BCUT2D eigenvalue weighted by Crippen LogP contribution is -2.40. The first-order chi connectivity index (χ1) is 9.74. The Morgan fingerprint density at radius 3 is 2.55 bits per heavy atom. The molecule has 0 amide bonds. The highest BCUT2D eigenvalue weighted by Gasteiger charge is 2.31. The summed E-state index contributed by atoms with van der Waals surface area (Å²) in [5.41, 5.74) is 6.83. The first-order valence-corrected chi connectivity index (χ1v) is 8.12. The number of rotatable bonds is 2. The zero-order valence-corrected chi connectivity index (χ0v) is 12.5. The van der Waals surface area contributed by atoms with Crippen molar-refractivity contribution in [2.75, 3.05) is 17.2 Å². The lowest BCUT2D eigenvalue weighted by atomic mass is 9.93. The highest BCUT2D eigenvalue weighted by molar-refractivity contribution is 5.44. The van der Waals surface area contributed by atoms with E-state index in [2.05, 4.69) is 20.9 Å². The van der Waals surface area contributed by atoms with Gasteiger partial charge in [-0.2, -0.15) is 4.98 Å². The topological polar surface area (TPSA) is 55.0 Å². The molecule has 0 aromatic carbocycles. The van der Waals surface area contributed by atoms with E-state index in [1.54, 1.807) is 0 Å². The SMILES string of the molecule is Cc1cc(N2CCCCCC2C2CCCC2)nc(N)n1. The second-order valence-corrected chi connectivity index (χ2v) is 6.38. The van der Waals surface area contributed by atoms with E-state index >= 15 is 0 Å². The zero-order valence-electron chi connectivity index (χ0n) is 12.5. The quantitative estimate of drug-likeness (QED) is 0.899. The van der Waals surface area contributed by atoms with Gasteiger partial charge in [-0.3, -0.25) is 0 Å².